The summed E-state index contributed by atoms with van der Waals surface area (Å²) in [5, 5.41) is 8.42. The van der Waals surface area contributed by atoms with Crippen molar-refractivity contribution in [1.82, 2.24) is 4.72 Å². The molecule has 0 aromatic carbocycles. The average molecular weight is 193 g/mol. The van der Waals surface area contributed by atoms with Crippen molar-refractivity contribution in [2.45, 2.75) is 19.3 Å². The van der Waals surface area contributed by atoms with Crippen LogP contribution in [0.15, 0.2) is 0 Å². The quantitative estimate of drug-likeness (QED) is 0.630. The van der Waals surface area contributed by atoms with Gasteiger partial charge in [0.2, 0.25) is 10.0 Å². The van der Waals surface area contributed by atoms with Crippen LogP contribution in [0.1, 0.15) is 19.3 Å². The summed E-state index contributed by atoms with van der Waals surface area (Å²) in [6, 6.07) is 0. The van der Waals surface area contributed by atoms with Crippen molar-refractivity contribution >= 4 is 10.0 Å². The molecule has 0 heterocycles. The normalized spacial score (nSPS) is 19.1. The van der Waals surface area contributed by atoms with E-state index in [0.717, 1.165) is 12.8 Å². The third-order valence-corrected chi connectivity index (χ3v) is 3.50. The highest BCUT2D eigenvalue weighted by atomic mass is 32.2. The Balaban J connectivity index is 2.20. The Hall–Kier alpha value is -0.130. The third-order valence-electron chi connectivity index (χ3n) is 2.18. The molecule has 0 spiro atoms. The maximum atomic E-state index is 11.0. The van der Waals surface area contributed by atoms with Gasteiger partial charge < -0.3 is 5.11 Å². The predicted molar refractivity (Wildman–Crippen MR) is 46.2 cm³/mol. The van der Waals surface area contributed by atoms with Crippen LogP contribution < -0.4 is 4.72 Å². The van der Waals surface area contributed by atoms with Crippen LogP contribution in [0.2, 0.25) is 0 Å². The summed E-state index contributed by atoms with van der Waals surface area (Å²) < 4.78 is 24.5. The molecule has 12 heavy (non-hydrogen) atoms. The lowest BCUT2D eigenvalue weighted by Gasteiger charge is -2.25. The first-order valence-electron chi connectivity index (χ1n) is 4.22. The van der Waals surface area contributed by atoms with Crippen molar-refractivity contribution in [3.8, 4) is 0 Å². The van der Waals surface area contributed by atoms with Crippen molar-refractivity contribution in [2.75, 3.05) is 18.9 Å². The summed E-state index contributed by atoms with van der Waals surface area (Å²) in [6.07, 6.45) is 3.47. The summed E-state index contributed by atoms with van der Waals surface area (Å²) in [6.45, 7) is 0.238. The lowest BCUT2D eigenvalue weighted by molar-refractivity contribution is 0.310. The highest BCUT2D eigenvalue weighted by Gasteiger charge is 2.19. The Morgan fingerprint density at radius 2 is 2.08 bits per heavy atom. The fraction of sp³-hybridized carbons (Fsp3) is 1.00. The van der Waals surface area contributed by atoms with Crippen molar-refractivity contribution in [3.63, 3.8) is 0 Å². The van der Waals surface area contributed by atoms with Crippen LogP contribution in [0, 0.1) is 5.92 Å². The minimum Gasteiger partial charge on any atom is -0.395 e. The van der Waals surface area contributed by atoms with Gasteiger partial charge >= 0.3 is 0 Å². The maximum absolute atomic E-state index is 11.0. The molecule has 0 saturated heterocycles. The number of aliphatic hydroxyl groups is 1. The van der Waals surface area contributed by atoms with Gasteiger partial charge in [0.05, 0.1) is 12.4 Å². The molecule has 0 atom stereocenters. The van der Waals surface area contributed by atoms with Crippen LogP contribution in [0.5, 0.6) is 0 Å². The van der Waals surface area contributed by atoms with Crippen molar-refractivity contribution < 1.29 is 13.5 Å². The molecule has 1 rings (SSSR count). The third kappa shape index (κ3) is 3.08. The molecule has 0 amide bonds. The first-order chi connectivity index (χ1) is 5.64. The zero-order valence-electron chi connectivity index (χ0n) is 6.99. The van der Waals surface area contributed by atoms with Gasteiger partial charge in [-0.2, -0.15) is 0 Å². The van der Waals surface area contributed by atoms with Gasteiger partial charge in [-0.25, -0.2) is 13.1 Å². The van der Waals surface area contributed by atoms with E-state index < -0.39 is 10.0 Å². The first-order valence-corrected chi connectivity index (χ1v) is 5.87. The molecule has 0 radical (unpaired) electrons. The molecule has 1 fully saturated rings. The number of hydrogen-bond acceptors (Lipinski definition) is 3. The maximum Gasteiger partial charge on any atom is 0.213 e. The van der Waals surface area contributed by atoms with Gasteiger partial charge in [-0.1, -0.05) is 6.42 Å². The summed E-state index contributed by atoms with van der Waals surface area (Å²) in [5.41, 5.74) is 0. The molecule has 0 bridgehead atoms. The van der Waals surface area contributed by atoms with Crippen molar-refractivity contribution in [3.05, 3.63) is 0 Å². The van der Waals surface area contributed by atoms with Crippen LogP contribution in [0.25, 0.3) is 0 Å². The molecule has 4 nitrogen and oxygen atoms in total. The minimum absolute atomic E-state index is 0.181. The molecule has 0 unspecified atom stereocenters. The zero-order chi connectivity index (χ0) is 9.03. The minimum atomic E-state index is -3.20. The van der Waals surface area contributed by atoms with Gasteiger partial charge in [0.1, 0.15) is 0 Å². The molecule has 1 saturated carbocycles. The second-order valence-corrected chi connectivity index (χ2v) is 5.11. The molecule has 0 aromatic rings. The van der Waals surface area contributed by atoms with E-state index in [0.29, 0.717) is 12.5 Å². The molecular formula is C7H15NO3S. The van der Waals surface area contributed by atoms with Crippen LogP contribution in [0.4, 0.5) is 0 Å². The summed E-state index contributed by atoms with van der Waals surface area (Å²) in [4.78, 5) is 0. The number of sulfonamides is 1. The fourth-order valence-electron chi connectivity index (χ4n) is 1.13. The second-order valence-electron chi connectivity index (χ2n) is 3.19. The van der Waals surface area contributed by atoms with E-state index in [1.807, 2.05) is 0 Å². The Kier molecular flexibility index (Phi) is 3.49. The Labute approximate surface area is 73.0 Å². The lowest BCUT2D eigenvalue weighted by atomic mass is 9.86. The molecule has 0 aliphatic heterocycles. The van der Waals surface area contributed by atoms with Gasteiger partial charge in [0.25, 0.3) is 0 Å². The SMILES string of the molecule is O=S(=O)(CCO)NCC1CCC1. The second kappa shape index (κ2) is 4.20. The van der Waals surface area contributed by atoms with Crippen LogP contribution in [0.3, 0.4) is 0 Å². The van der Waals surface area contributed by atoms with Crippen LogP contribution in [-0.4, -0.2) is 32.4 Å². The summed E-state index contributed by atoms with van der Waals surface area (Å²) in [5.74, 6) is 0.346. The molecule has 1 aliphatic carbocycles. The van der Waals surface area contributed by atoms with E-state index in [9.17, 15) is 8.42 Å². The fourth-order valence-corrected chi connectivity index (χ4v) is 2.01. The van der Waals surface area contributed by atoms with E-state index in [-0.39, 0.29) is 12.4 Å². The molecule has 0 aromatic heterocycles. The lowest BCUT2D eigenvalue weighted by Crippen LogP contribution is -2.34. The van der Waals surface area contributed by atoms with E-state index in [4.69, 9.17) is 5.11 Å². The number of aliphatic hydroxyl groups excluding tert-OH is 1. The first kappa shape index (κ1) is 9.95. The number of nitrogens with one attached hydrogen (secondary N) is 1. The summed E-state index contributed by atoms with van der Waals surface area (Å²) in [7, 11) is -3.20. The largest absolute Gasteiger partial charge is 0.395 e. The topological polar surface area (TPSA) is 66.4 Å². The molecule has 2 N–H and O–H groups in total. The van der Waals surface area contributed by atoms with E-state index in [2.05, 4.69) is 4.72 Å². The predicted octanol–water partition coefficient (Wildman–Crippen LogP) is -0.302. The smallest absolute Gasteiger partial charge is 0.213 e. The van der Waals surface area contributed by atoms with Gasteiger partial charge in [-0.05, 0) is 18.8 Å². The molecular weight excluding hydrogens is 178 g/mol. The average Bonchev–Trinajstić information content (AvgIpc) is 1.82. The highest BCUT2D eigenvalue weighted by Crippen LogP contribution is 2.25. The van der Waals surface area contributed by atoms with Gasteiger partial charge in [-0.3, -0.25) is 0 Å². The van der Waals surface area contributed by atoms with Crippen molar-refractivity contribution in [1.29, 1.82) is 0 Å². The standard InChI is InChI=1S/C7H15NO3S/c9-4-5-12(10,11)8-6-7-2-1-3-7/h7-9H,1-6H2. The number of hydrogen-bond donors (Lipinski definition) is 2. The zero-order valence-corrected chi connectivity index (χ0v) is 7.81. The van der Waals surface area contributed by atoms with Gasteiger partial charge in [-0.15, -0.1) is 0 Å². The number of rotatable bonds is 5. The van der Waals surface area contributed by atoms with E-state index in [1.54, 1.807) is 0 Å². The van der Waals surface area contributed by atoms with Crippen LogP contribution >= 0.6 is 0 Å². The Bertz CT molecular complexity index is 221. The van der Waals surface area contributed by atoms with Gasteiger partial charge in [0.15, 0.2) is 0 Å². The van der Waals surface area contributed by atoms with Crippen molar-refractivity contribution in [2.24, 2.45) is 5.92 Å². The molecule has 72 valence electrons. The summed E-state index contributed by atoms with van der Waals surface area (Å²) >= 11 is 0. The Morgan fingerprint density at radius 1 is 1.42 bits per heavy atom. The van der Waals surface area contributed by atoms with E-state index >= 15 is 0 Å². The monoisotopic (exact) mass is 193 g/mol. The Morgan fingerprint density at radius 3 is 2.50 bits per heavy atom. The molecule has 5 heteroatoms. The van der Waals surface area contributed by atoms with E-state index in [1.165, 1.54) is 6.42 Å². The highest BCUT2D eigenvalue weighted by molar-refractivity contribution is 7.89. The molecule has 1 aliphatic rings. The van der Waals surface area contributed by atoms with Crippen LogP contribution in [-0.2, 0) is 10.0 Å². The van der Waals surface area contributed by atoms with Gasteiger partial charge in [0, 0.05) is 6.54 Å².